The van der Waals surface area contributed by atoms with Gasteiger partial charge in [-0.05, 0) is 66.0 Å². The number of rotatable bonds is 4. The van der Waals surface area contributed by atoms with Gasteiger partial charge in [-0.25, -0.2) is 0 Å². The van der Waals surface area contributed by atoms with Gasteiger partial charge in [0, 0.05) is 5.02 Å². The smallest absolute Gasteiger partial charge is 0.183 e. The first-order valence-corrected chi connectivity index (χ1v) is 7.97. The number of ether oxygens (including phenoxy) is 1. The Morgan fingerprint density at radius 1 is 1.21 bits per heavy atom. The molecule has 2 aromatic rings. The molecule has 0 saturated heterocycles. The maximum atomic E-state index is 6.03. The second-order valence-corrected chi connectivity index (χ2v) is 6.52. The van der Waals surface area contributed by atoms with Crippen LogP contribution in [0.4, 0.5) is 5.69 Å². The van der Waals surface area contributed by atoms with Gasteiger partial charge in [-0.2, -0.15) is 0 Å². The van der Waals surface area contributed by atoms with E-state index in [1.165, 1.54) is 0 Å². The maximum Gasteiger partial charge on any atom is 0.183 e. The summed E-state index contributed by atoms with van der Waals surface area (Å²) in [5, 5.41) is 3.85. The molecule has 19 heavy (non-hydrogen) atoms. The molecular weight excluding hydrogens is 465 g/mol. The van der Waals surface area contributed by atoms with Crippen molar-refractivity contribution in [3.63, 3.8) is 0 Å². The van der Waals surface area contributed by atoms with Gasteiger partial charge in [-0.1, -0.05) is 11.6 Å². The second-order valence-electron chi connectivity index (χ2n) is 3.66. The number of anilines is 1. The SMILES string of the molecule is COc1c(Br)cc(Cl)cc1NCc1cc(Br)c(Br)o1. The summed E-state index contributed by atoms with van der Waals surface area (Å²) < 4.78 is 13.2. The highest BCUT2D eigenvalue weighted by Gasteiger charge is 2.11. The summed E-state index contributed by atoms with van der Waals surface area (Å²) in [5.41, 5.74) is 0.797. The first-order valence-electron chi connectivity index (χ1n) is 5.22. The molecule has 0 spiro atoms. The molecular formula is C12H9Br3ClNO2. The summed E-state index contributed by atoms with van der Waals surface area (Å²) in [6.07, 6.45) is 0. The Balaban J connectivity index is 2.19. The fraction of sp³-hybridized carbons (Fsp3) is 0.167. The van der Waals surface area contributed by atoms with E-state index in [4.69, 9.17) is 20.8 Å². The van der Waals surface area contributed by atoms with Crippen molar-refractivity contribution in [1.29, 1.82) is 0 Å². The van der Waals surface area contributed by atoms with E-state index in [2.05, 4.69) is 53.1 Å². The summed E-state index contributed by atoms with van der Waals surface area (Å²) in [5.74, 6) is 1.49. The summed E-state index contributed by atoms with van der Waals surface area (Å²) in [6.45, 7) is 0.521. The highest BCUT2D eigenvalue weighted by molar-refractivity contribution is 9.13. The van der Waals surface area contributed by atoms with Gasteiger partial charge in [0.15, 0.2) is 10.4 Å². The molecule has 2 rings (SSSR count). The molecule has 7 heteroatoms. The van der Waals surface area contributed by atoms with Crippen LogP contribution in [0.1, 0.15) is 5.76 Å². The van der Waals surface area contributed by atoms with Crippen LogP contribution in [0.2, 0.25) is 5.02 Å². The molecule has 0 saturated carbocycles. The molecule has 0 aliphatic rings. The average Bonchev–Trinajstić information content (AvgIpc) is 2.65. The Labute approximate surface area is 141 Å². The minimum Gasteiger partial charge on any atom is -0.493 e. The van der Waals surface area contributed by atoms with Crippen molar-refractivity contribution < 1.29 is 9.15 Å². The molecule has 0 unspecified atom stereocenters. The molecule has 1 aromatic carbocycles. The zero-order valence-electron chi connectivity index (χ0n) is 9.77. The van der Waals surface area contributed by atoms with Crippen LogP contribution in [0.15, 0.2) is 36.2 Å². The van der Waals surface area contributed by atoms with Crippen LogP contribution in [0.5, 0.6) is 5.75 Å². The molecule has 0 fully saturated rings. The molecule has 0 radical (unpaired) electrons. The number of hydrogen-bond acceptors (Lipinski definition) is 3. The molecule has 0 aliphatic carbocycles. The molecule has 1 N–H and O–H groups in total. The van der Waals surface area contributed by atoms with Crippen LogP contribution >= 0.6 is 59.4 Å². The van der Waals surface area contributed by atoms with E-state index in [9.17, 15) is 0 Å². The molecule has 1 aromatic heterocycles. The van der Waals surface area contributed by atoms with Gasteiger partial charge in [0.1, 0.15) is 5.76 Å². The monoisotopic (exact) mass is 471 g/mol. The van der Waals surface area contributed by atoms with Crippen molar-refractivity contribution in [2.24, 2.45) is 0 Å². The van der Waals surface area contributed by atoms with Crippen LogP contribution < -0.4 is 10.1 Å². The number of furan rings is 1. The Kier molecular flexibility index (Phi) is 5.22. The predicted octanol–water partition coefficient (Wildman–Crippen LogP) is 5.84. The lowest BCUT2D eigenvalue weighted by molar-refractivity contribution is 0.413. The van der Waals surface area contributed by atoms with E-state index in [0.717, 1.165) is 20.4 Å². The van der Waals surface area contributed by atoms with Gasteiger partial charge in [0.05, 0.1) is 28.3 Å². The molecule has 3 nitrogen and oxygen atoms in total. The molecule has 0 atom stereocenters. The normalized spacial score (nSPS) is 10.6. The van der Waals surface area contributed by atoms with Crippen molar-refractivity contribution in [2.45, 2.75) is 6.54 Å². The van der Waals surface area contributed by atoms with Crippen LogP contribution in [0.25, 0.3) is 0 Å². The lowest BCUT2D eigenvalue weighted by Gasteiger charge is -2.12. The van der Waals surface area contributed by atoms with Crippen LogP contribution in [0, 0.1) is 0 Å². The Hall–Kier alpha value is -0.170. The number of nitrogens with one attached hydrogen (secondary N) is 1. The minimum atomic E-state index is 0.521. The van der Waals surface area contributed by atoms with Gasteiger partial charge in [0.2, 0.25) is 0 Å². The number of benzene rings is 1. The zero-order valence-corrected chi connectivity index (χ0v) is 15.3. The third kappa shape index (κ3) is 3.68. The van der Waals surface area contributed by atoms with E-state index in [0.29, 0.717) is 22.0 Å². The first-order chi connectivity index (χ1) is 9.01. The van der Waals surface area contributed by atoms with Crippen molar-refractivity contribution >= 4 is 65.1 Å². The lowest BCUT2D eigenvalue weighted by atomic mass is 10.3. The Bertz CT molecular complexity index is 581. The summed E-state index contributed by atoms with van der Waals surface area (Å²) in [6, 6.07) is 5.48. The first kappa shape index (κ1) is 15.2. The van der Waals surface area contributed by atoms with E-state index in [-0.39, 0.29) is 0 Å². The summed E-state index contributed by atoms with van der Waals surface area (Å²) in [4.78, 5) is 0. The van der Waals surface area contributed by atoms with Crippen LogP contribution in [-0.4, -0.2) is 7.11 Å². The zero-order chi connectivity index (χ0) is 14.0. The second kappa shape index (κ2) is 6.52. The van der Waals surface area contributed by atoms with Gasteiger partial charge >= 0.3 is 0 Å². The largest absolute Gasteiger partial charge is 0.493 e. The van der Waals surface area contributed by atoms with E-state index in [1.807, 2.05) is 6.07 Å². The van der Waals surface area contributed by atoms with Crippen LogP contribution in [-0.2, 0) is 6.54 Å². The molecule has 0 amide bonds. The third-order valence-electron chi connectivity index (χ3n) is 2.36. The highest BCUT2D eigenvalue weighted by atomic mass is 79.9. The fourth-order valence-corrected chi connectivity index (χ4v) is 3.19. The lowest BCUT2D eigenvalue weighted by Crippen LogP contribution is -2.01. The van der Waals surface area contributed by atoms with Crippen LogP contribution in [0.3, 0.4) is 0 Å². The van der Waals surface area contributed by atoms with Gasteiger partial charge in [0.25, 0.3) is 0 Å². The van der Waals surface area contributed by atoms with Crippen molar-refractivity contribution in [3.8, 4) is 5.75 Å². The fourth-order valence-electron chi connectivity index (χ4n) is 1.56. The maximum absolute atomic E-state index is 6.03. The average molecular weight is 474 g/mol. The van der Waals surface area contributed by atoms with Crippen molar-refractivity contribution in [1.82, 2.24) is 0 Å². The number of halogens is 4. The van der Waals surface area contributed by atoms with Gasteiger partial charge in [-0.15, -0.1) is 0 Å². The topological polar surface area (TPSA) is 34.4 Å². The third-order valence-corrected chi connectivity index (χ3v) is 4.88. The van der Waals surface area contributed by atoms with E-state index >= 15 is 0 Å². The Morgan fingerprint density at radius 2 is 1.95 bits per heavy atom. The number of methoxy groups -OCH3 is 1. The van der Waals surface area contributed by atoms with Gasteiger partial charge < -0.3 is 14.5 Å². The minimum absolute atomic E-state index is 0.521. The Morgan fingerprint density at radius 3 is 2.53 bits per heavy atom. The molecule has 102 valence electrons. The standard InChI is InChI=1S/C12H9Br3ClNO2/c1-18-11-8(13)2-6(16)3-10(11)17-5-7-4-9(14)12(15)19-7/h2-4,17H,5H2,1H3. The quantitative estimate of drug-likeness (QED) is 0.605. The molecule has 0 aliphatic heterocycles. The van der Waals surface area contributed by atoms with Crippen molar-refractivity contribution in [2.75, 3.05) is 12.4 Å². The summed E-state index contributed by atoms with van der Waals surface area (Å²) in [7, 11) is 1.61. The van der Waals surface area contributed by atoms with E-state index in [1.54, 1.807) is 19.2 Å². The molecule has 0 bridgehead atoms. The highest BCUT2D eigenvalue weighted by Crippen LogP contribution is 2.36. The predicted molar refractivity (Wildman–Crippen MR) is 87.1 cm³/mol. The van der Waals surface area contributed by atoms with Gasteiger partial charge in [-0.3, -0.25) is 0 Å². The molecule has 1 heterocycles. The number of hydrogen-bond donors (Lipinski definition) is 1. The van der Waals surface area contributed by atoms with Crippen molar-refractivity contribution in [3.05, 3.63) is 42.6 Å². The summed E-state index contributed by atoms with van der Waals surface area (Å²) >= 11 is 16.1. The van der Waals surface area contributed by atoms with E-state index < -0.39 is 0 Å².